The second-order valence-corrected chi connectivity index (χ2v) is 6.21. The van der Waals surface area contributed by atoms with Gasteiger partial charge in [0.1, 0.15) is 5.82 Å². The number of hydrogen-bond donors (Lipinski definition) is 0. The monoisotopic (exact) mass is 333 g/mol. The van der Waals surface area contributed by atoms with Crippen LogP contribution in [0.25, 0.3) is 0 Å². The molecule has 0 fully saturated rings. The minimum absolute atomic E-state index is 0. The minimum atomic E-state index is -0.274. The smallest absolute Gasteiger partial charge is 0.193 e. The van der Waals surface area contributed by atoms with Gasteiger partial charge in [0.2, 0.25) is 0 Å². The molecule has 1 atom stereocenters. The van der Waals surface area contributed by atoms with Crippen LogP contribution in [0, 0.1) is 5.82 Å². The van der Waals surface area contributed by atoms with Crippen molar-refractivity contribution in [1.82, 2.24) is 4.90 Å². The standard InChI is InChI=1S/C19H20FNO.ClH/c1-21(2)10-9-13-11-14-12-15(20)7-8-17(14)19(22)18-6-4-3-5-16(13)18;/h3-8,12-13H,9-11H2,1-2H3;1H. The molecule has 1 aliphatic rings. The summed E-state index contributed by atoms with van der Waals surface area (Å²) in [7, 11) is 4.09. The van der Waals surface area contributed by atoms with Gasteiger partial charge in [-0.05, 0) is 68.7 Å². The second kappa shape index (κ2) is 7.24. The lowest BCUT2D eigenvalue weighted by atomic mass is 9.88. The third-order valence-corrected chi connectivity index (χ3v) is 4.35. The number of fused-ring (bicyclic) bond motifs is 2. The van der Waals surface area contributed by atoms with Crippen molar-refractivity contribution in [2.45, 2.75) is 18.8 Å². The van der Waals surface area contributed by atoms with E-state index in [0.29, 0.717) is 12.0 Å². The van der Waals surface area contributed by atoms with Crippen molar-refractivity contribution in [3.05, 3.63) is 70.5 Å². The van der Waals surface area contributed by atoms with E-state index in [1.165, 1.54) is 12.1 Å². The molecule has 122 valence electrons. The largest absolute Gasteiger partial charge is 0.309 e. The molecule has 0 N–H and O–H groups in total. The van der Waals surface area contributed by atoms with Crippen LogP contribution in [0.3, 0.4) is 0 Å². The molecule has 1 aliphatic carbocycles. The topological polar surface area (TPSA) is 20.3 Å². The van der Waals surface area contributed by atoms with Crippen molar-refractivity contribution in [2.24, 2.45) is 0 Å². The van der Waals surface area contributed by atoms with Crippen LogP contribution in [0.5, 0.6) is 0 Å². The third-order valence-electron chi connectivity index (χ3n) is 4.35. The van der Waals surface area contributed by atoms with Gasteiger partial charge in [-0.2, -0.15) is 0 Å². The highest BCUT2D eigenvalue weighted by Gasteiger charge is 2.27. The number of nitrogens with zero attached hydrogens (tertiary/aromatic N) is 1. The van der Waals surface area contributed by atoms with E-state index in [4.69, 9.17) is 0 Å². The first-order valence-corrected chi connectivity index (χ1v) is 7.63. The van der Waals surface area contributed by atoms with E-state index in [1.807, 2.05) is 38.4 Å². The summed E-state index contributed by atoms with van der Waals surface area (Å²) in [5.41, 5.74) is 3.31. The molecule has 0 radical (unpaired) electrons. The van der Waals surface area contributed by atoms with E-state index in [9.17, 15) is 9.18 Å². The van der Waals surface area contributed by atoms with Crippen molar-refractivity contribution in [1.29, 1.82) is 0 Å². The molecule has 0 spiro atoms. The Kier molecular flexibility index (Phi) is 5.55. The molecule has 0 saturated heterocycles. The van der Waals surface area contributed by atoms with Gasteiger partial charge in [0, 0.05) is 11.1 Å². The van der Waals surface area contributed by atoms with Crippen molar-refractivity contribution < 1.29 is 9.18 Å². The van der Waals surface area contributed by atoms with E-state index < -0.39 is 0 Å². The van der Waals surface area contributed by atoms with Crippen molar-refractivity contribution in [3.8, 4) is 0 Å². The summed E-state index contributed by atoms with van der Waals surface area (Å²) in [5, 5.41) is 0. The quantitative estimate of drug-likeness (QED) is 0.844. The number of carbonyl (C=O) groups is 1. The van der Waals surface area contributed by atoms with Crippen LogP contribution < -0.4 is 0 Å². The number of ketones is 1. The highest BCUT2D eigenvalue weighted by molar-refractivity contribution is 6.11. The highest BCUT2D eigenvalue weighted by Crippen LogP contribution is 2.34. The van der Waals surface area contributed by atoms with Gasteiger partial charge in [0.05, 0.1) is 0 Å². The summed E-state index contributed by atoms with van der Waals surface area (Å²) in [5.74, 6) is -0.0209. The molecule has 4 heteroatoms. The van der Waals surface area contributed by atoms with Gasteiger partial charge < -0.3 is 4.90 Å². The van der Waals surface area contributed by atoms with Gasteiger partial charge >= 0.3 is 0 Å². The first-order valence-electron chi connectivity index (χ1n) is 7.63. The van der Waals surface area contributed by atoms with Gasteiger partial charge in [-0.3, -0.25) is 4.79 Å². The fraction of sp³-hybridized carbons (Fsp3) is 0.316. The summed E-state index contributed by atoms with van der Waals surface area (Å²) in [4.78, 5) is 14.9. The van der Waals surface area contributed by atoms with E-state index in [1.54, 1.807) is 6.07 Å². The Morgan fingerprint density at radius 1 is 1.13 bits per heavy atom. The number of hydrogen-bond acceptors (Lipinski definition) is 2. The minimum Gasteiger partial charge on any atom is -0.309 e. The summed E-state index contributed by atoms with van der Waals surface area (Å²) < 4.78 is 13.6. The SMILES string of the molecule is CN(C)CCC1Cc2cc(F)ccc2C(=O)c2ccccc21.Cl. The fourth-order valence-electron chi connectivity index (χ4n) is 3.20. The van der Waals surface area contributed by atoms with Gasteiger partial charge in [-0.1, -0.05) is 24.3 Å². The number of halogens is 2. The van der Waals surface area contributed by atoms with Crippen LogP contribution in [0.2, 0.25) is 0 Å². The average Bonchev–Trinajstić information content (AvgIpc) is 2.61. The Balaban J connectivity index is 0.00000192. The molecule has 2 aromatic rings. The molecule has 0 amide bonds. The zero-order valence-corrected chi connectivity index (χ0v) is 14.2. The van der Waals surface area contributed by atoms with Crippen LogP contribution in [-0.2, 0) is 6.42 Å². The Morgan fingerprint density at radius 2 is 1.87 bits per heavy atom. The lowest BCUT2D eigenvalue weighted by Gasteiger charge is -2.20. The first kappa shape index (κ1) is 17.6. The third kappa shape index (κ3) is 3.62. The lowest BCUT2D eigenvalue weighted by molar-refractivity contribution is 0.103. The molecular formula is C19H21ClFNO. The second-order valence-electron chi connectivity index (χ2n) is 6.21. The predicted octanol–water partition coefficient (Wildman–Crippen LogP) is 4.07. The molecule has 0 aromatic heterocycles. The van der Waals surface area contributed by atoms with E-state index in [-0.39, 0.29) is 29.9 Å². The van der Waals surface area contributed by atoms with Gasteiger partial charge in [0.15, 0.2) is 5.78 Å². The van der Waals surface area contributed by atoms with Crippen LogP contribution in [0.15, 0.2) is 42.5 Å². The zero-order chi connectivity index (χ0) is 15.7. The highest BCUT2D eigenvalue weighted by atomic mass is 35.5. The number of benzene rings is 2. The van der Waals surface area contributed by atoms with Crippen LogP contribution in [0.4, 0.5) is 4.39 Å². The molecule has 1 unspecified atom stereocenters. The Morgan fingerprint density at radius 3 is 2.61 bits per heavy atom. The van der Waals surface area contributed by atoms with Crippen molar-refractivity contribution >= 4 is 18.2 Å². The zero-order valence-electron chi connectivity index (χ0n) is 13.4. The maximum atomic E-state index is 13.6. The van der Waals surface area contributed by atoms with Gasteiger partial charge in [0.25, 0.3) is 0 Å². The van der Waals surface area contributed by atoms with E-state index in [0.717, 1.165) is 29.7 Å². The summed E-state index contributed by atoms with van der Waals surface area (Å²) in [6.45, 7) is 0.942. The Hall–Kier alpha value is -1.71. The van der Waals surface area contributed by atoms with Gasteiger partial charge in [-0.15, -0.1) is 12.4 Å². The molecule has 2 aromatic carbocycles. The molecule has 0 aliphatic heterocycles. The normalized spacial score (nSPS) is 16.3. The van der Waals surface area contributed by atoms with E-state index >= 15 is 0 Å². The Bertz CT molecular complexity index is 714. The molecule has 0 bridgehead atoms. The molecule has 0 heterocycles. The maximum absolute atomic E-state index is 13.6. The summed E-state index contributed by atoms with van der Waals surface area (Å²) in [6, 6.07) is 12.3. The predicted molar refractivity (Wildman–Crippen MR) is 93.1 cm³/mol. The Labute approximate surface area is 142 Å². The average molecular weight is 334 g/mol. The maximum Gasteiger partial charge on any atom is 0.193 e. The summed E-state index contributed by atoms with van der Waals surface area (Å²) in [6.07, 6.45) is 1.66. The van der Waals surface area contributed by atoms with Crippen molar-refractivity contribution in [2.75, 3.05) is 20.6 Å². The lowest BCUT2D eigenvalue weighted by Crippen LogP contribution is -2.17. The van der Waals surface area contributed by atoms with Crippen LogP contribution in [-0.4, -0.2) is 31.3 Å². The van der Waals surface area contributed by atoms with Crippen LogP contribution in [0.1, 0.15) is 39.4 Å². The molecule has 0 saturated carbocycles. The van der Waals surface area contributed by atoms with Crippen LogP contribution >= 0.6 is 12.4 Å². The molecular weight excluding hydrogens is 313 g/mol. The van der Waals surface area contributed by atoms with Crippen molar-refractivity contribution in [3.63, 3.8) is 0 Å². The molecule has 23 heavy (non-hydrogen) atoms. The number of carbonyl (C=O) groups excluding carboxylic acids is 1. The fourth-order valence-corrected chi connectivity index (χ4v) is 3.20. The molecule has 2 nitrogen and oxygen atoms in total. The van der Waals surface area contributed by atoms with Gasteiger partial charge in [-0.25, -0.2) is 4.39 Å². The summed E-state index contributed by atoms with van der Waals surface area (Å²) >= 11 is 0. The first-order chi connectivity index (χ1) is 10.6. The number of rotatable bonds is 3. The van der Waals surface area contributed by atoms with E-state index in [2.05, 4.69) is 4.90 Å². The molecule has 3 rings (SSSR count).